The van der Waals surface area contributed by atoms with Crippen molar-refractivity contribution in [3.05, 3.63) is 60.2 Å². The van der Waals surface area contributed by atoms with Gasteiger partial charge < -0.3 is 9.80 Å². The molecule has 0 aliphatic carbocycles. The van der Waals surface area contributed by atoms with Crippen LogP contribution in [0.15, 0.2) is 54.6 Å². The van der Waals surface area contributed by atoms with E-state index in [1.54, 1.807) is 4.90 Å². The standard InChI is InChI=1S/C22H24N2O2/c1-23-12-11-19-14-24(15-20(19)22(23)26)21(25)13-16-7-9-18(10-8-16)17-5-3-2-4-6-17/h2-10,19-20H,11-15H2,1H3/t19-,20+/m1/s1. The maximum atomic E-state index is 12.7. The van der Waals surface area contributed by atoms with Crippen LogP contribution in [-0.4, -0.2) is 48.3 Å². The third-order valence-corrected chi connectivity index (χ3v) is 5.74. The minimum Gasteiger partial charge on any atom is -0.345 e. The first kappa shape index (κ1) is 16.8. The lowest BCUT2D eigenvalue weighted by molar-refractivity contribution is -0.138. The topological polar surface area (TPSA) is 40.6 Å². The van der Waals surface area contributed by atoms with Gasteiger partial charge in [-0.05, 0) is 29.0 Å². The summed E-state index contributed by atoms with van der Waals surface area (Å²) in [5, 5.41) is 0. The summed E-state index contributed by atoms with van der Waals surface area (Å²) in [5.41, 5.74) is 3.35. The van der Waals surface area contributed by atoms with Crippen LogP contribution in [0.4, 0.5) is 0 Å². The molecule has 4 heteroatoms. The molecular weight excluding hydrogens is 324 g/mol. The number of rotatable bonds is 3. The van der Waals surface area contributed by atoms with Gasteiger partial charge in [0, 0.05) is 26.7 Å². The number of piperidine rings is 1. The molecule has 2 fully saturated rings. The molecule has 2 aromatic carbocycles. The Balaban J connectivity index is 1.40. The lowest BCUT2D eigenvalue weighted by Gasteiger charge is -2.30. The van der Waals surface area contributed by atoms with Crippen LogP contribution in [0, 0.1) is 11.8 Å². The van der Waals surface area contributed by atoms with Crippen molar-refractivity contribution in [1.82, 2.24) is 9.80 Å². The Bertz CT molecular complexity index is 801. The van der Waals surface area contributed by atoms with Crippen LogP contribution in [0.3, 0.4) is 0 Å². The van der Waals surface area contributed by atoms with Gasteiger partial charge in [0.15, 0.2) is 0 Å². The number of likely N-dealkylation sites (tertiary alicyclic amines) is 2. The number of amides is 2. The molecule has 0 saturated carbocycles. The summed E-state index contributed by atoms with van der Waals surface area (Å²) in [6.07, 6.45) is 1.40. The number of nitrogens with zero attached hydrogens (tertiary/aromatic N) is 2. The van der Waals surface area contributed by atoms with Crippen molar-refractivity contribution >= 4 is 11.8 Å². The fraction of sp³-hybridized carbons (Fsp3) is 0.364. The molecule has 0 bridgehead atoms. The predicted octanol–water partition coefficient (Wildman–Crippen LogP) is 2.83. The summed E-state index contributed by atoms with van der Waals surface area (Å²) in [6.45, 7) is 2.11. The molecule has 2 heterocycles. The Morgan fingerprint density at radius 3 is 2.42 bits per heavy atom. The highest BCUT2D eigenvalue weighted by molar-refractivity contribution is 5.84. The van der Waals surface area contributed by atoms with Gasteiger partial charge in [-0.1, -0.05) is 54.6 Å². The van der Waals surface area contributed by atoms with E-state index in [4.69, 9.17) is 0 Å². The summed E-state index contributed by atoms with van der Waals surface area (Å²) in [6, 6.07) is 18.4. The first-order chi connectivity index (χ1) is 12.6. The monoisotopic (exact) mass is 348 g/mol. The number of hydrogen-bond donors (Lipinski definition) is 0. The van der Waals surface area contributed by atoms with Crippen LogP contribution in [-0.2, 0) is 16.0 Å². The third-order valence-electron chi connectivity index (χ3n) is 5.74. The van der Waals surface area contributed by atoms with E-state index in [1.807, 2.05) is 42.3 Å². The van der Waals surface area contributed by atoms with Gasteiger partial charge in [-0.15, -0.1) is 0 Å². The first-order valence-electron chi connectivity index (χ1n) is 9.29. The fourth-order valence-electron chi connectivity index (χ4n) is 4.13. The number of benzene rings is 2. The van der Waals surface area contributed by atoms with E-state index in [2.05, 4.69) is 24.3 Å². The second-order valence-corrected chi connectivity index (χ2v) is 7.45. The second kappa shape index (κ2) is 6.94. The summed E-state index contributed by atoms with van der Waals surface area (Å²) in [4.78, 5) is 28.7. The van der Waals surface area contributed by atoms with E-state index >= 15 is 0 Å². The van der Waals surface area contributed by atoms with E-state index < -0.39 is 0 Å². The molecule has 134 valence electrons. The minimum absolute atomic E-state index is 0.00171. The van der Waals surface area contributed by atoms with Crippen molar-refractivity contribution in [2.75, 3.05) is 26.7 Å². The third kappa shape index (κ3) is 3.24. The molecule has 0 spiro atoms. The molecular formula is C22H24N2O2. The molecule has 26 heavy (non-hydrogen) atoms. The van der Waals surface area contributed by atoms with Crippen LogP contribution in [0.5, 0.6) is 0 Å². The Morgan fingerprint density at radius 2 is 1.69 bits per heavy atom. The van der Waals surface area contributed by atoms with Gasteiger partial charge in [-0.3, -0.25) is 9.59 Å². The summed E-state index contributed by atoms with van der Waals surface area (Å²) in [7, 11) is 1.86. The highest BCUT2D eigenvalue weighted by Gasteiger charge is 2.43. The Hall–Kier alpha value is -2.62. The highest BCUT2D eigenvalue weighted by atomic mass is 16.2. The molecule has 4 nitrogen and oxygen atoms in total. The van der Waals surface area contributed by atoms with Gasteiger partial charge in [0.2, 0.25) is 11.8 Å². The molecule has 0 N–H and O–H groups in total. The smallest absolute Gasteiger partial charge is 0.227 e. The molecule has 2 amide bonds. The number of carbonyl (C=O) groups excluding carboxylic acids is 2. The maximum Gasteiger partial charge on any atom is 0.227 e. The first-order valence-corrected chi connectivity index (χ1v) is 9.29. The van der Waals surface area contributed by atoms with Crippen LogP contribution in [0.2, 0.25) is 0 Å². The summed E-state index contributed by atoms with van der Waals surface area (Å²) >= 11 is 0. The molecule has 2 aromatic rings. The molecule has 2 saturated heterocycles. The van der Waals surface area contributed by atoms with Crippen LogP contribution in [0.1, 0.15) is 12.0 Å². The quantitative estimate of drug-likeness (QED) is 0.856. The zero-order valence-corrected chi connectivity index (χ0v) is 15.1. The molecule has 2 aliphatic rings. The van der Waals surface area contributed by atoms with Gasteiger partial charge >= 0.3 is 0 Å². The van der Waals surface area contributed by atoms with Gasteiger partial charge in [0.1, 0.15) is 0 Å². The molecule has 0 unspecified atom stereocenters. The van der Waals surface area contributed by atoms with E-state index in [0.717, 1.165) is 30.6 Å². The van der Waals surface area contributed by atoms with Crippen molar-refractivity contribution in [2.24, 2.45) is 11.8 Å². The maximum absolute atomic E-state index is 12.7. The van der Waals surface area contributed by atoms with Crippen LogP contribution < -0.4 is 0 Å². The Kier molecular flexibility index (Phi) is 4.49. The average molecular weight is 348 g/mol. The summed E-state index contributed by atoms with van der Waals surface area (Å²) in [5.74, 6) is 0.660. The van der Waals surface area contributed by atoms with Crippen molar-refractivity contribution in [3.8, 4) is 11.1 Å². The van der Waals surface area contributed by atoms with Crippen LogP contribution in [0.25, 0.3) is 11.1 Å². The highest BCUT2D eigenvalue weighted by Crippen LogP contribution is 2.32. The van der Waals surface area contributed by atoms with Gasteiger partial charge in [0.05, 0.1) is 12.3 Å². The van der Waals surface area contributed by atoms with Crippen molar-refractivity contribution in [1.29, 1.82) is 0 Å². The molecule has 2 aliphatic heterocycles. The van der Waals surface area contributed by atoms with Crippen molar-refractivity contribution in [2.45, 2.75) is 12.8 Å². The van der Waals surface area contributed by atoms with E-state index in [1.165, 1.54) is 5.56 Å². The minimum atomic E-state index is -0.00171. The number of hydrogen-bond acceptors (Lipinski definition) is 2. The van der Waals surface area contributed by atoms with E-state index in [9.17, 15) is 9.59 Å². The average Bonchev–Trinajstić information content (AvgIpc) is 3.11. The van der Waals surface area contributed by atoms with E-state index in [-0.39, 0.29) is 17.7 Å². The number of carbonyl (C=O) groups is 2. The lowest BCUT2D eigenvalue weighted by Crippen LogP contribution is -2.42. The zero-order chi connectivity index (χ0) is 18.1. The van der Waals surface area contributed by atoms with E-state index in [0.29, 0.717) is 18.9 Å². The molecule has 2 atom stereocenters. The van der Waals surface area contributed by atoms with Gasteiger partial charge in [-0.2, -0.15) is 0 Å². The Labute approximate surface area is 154 Å². The van der Waals surface area contributed by atoms with Crippen molar-refractivity contribution < 1.29 is 9.59 Å². The largest absolute Gasteiger partial charge is 0.345 e. The summed E-state index contributed by atoms with van der Waals surface area (Å²) < 4.78 is 0. The normalized spacial score (nSPS) is 22.4. The van der Waals surface area contributed by atoms with Crippen LogP contribution >= 0.6 is 0 Å². The fourth-order valence-corrected chi connectivity index (χ4v) is 4.13. The SMILES string of the molecule is CN1CC[C@@H]2CN(C(=O)Cc3ccc(-c4ccccc4)cc3)C[C@@H]2C1=O. The lowest BCUT2D eigenvalue weighted by atomic mass is 9.88. The van der Waals surface area contributed by atoms with Crippen molar-refractivity contribution in [3.63, 3.8) is 0 Å². The zero-order valence-electron chi connectivity index (χ0n) is 15.1. The molecule has 0 aromatic heterocycles. The van der Waals surface area contributed by atoms with Gasteiger partial charge in [-0.25, -0.2) is 0 Å². The Morgan fingerprint density at radius 1 is 1.00 bits per heavy atom. The number of fused-ring (bicyclic) bond motifs is 1. The molecule has 0 radical (unpaired) electrons. The van der Waals surface area contributed by atoms with Gasteiger partial charge in [0.25, 0.3) is 0 Å². The molecule has 4 rings (SSSR count). The predicted molar refractivity (Wildman–Crippen MR) is 101 cm³/mol. The second-order valence-electron chi connectivity index (χ2n) is 7.45.